The molecule has 0 bridgehead atoms. The minimum atomic E-state index is -0.678. The van der Waals surface area contributed by atoms with E-state index in [1.165, 1.54) is 64.2 Å². The van der Waals surface area contributed by atoms with Gasteiger partial charge in [-0.1, -0.05) is 84.0 Å². The van der Waals surface area contributed by atoms with Crippen LogP contribution >= 0.6 is 0 Å². The fraction of sp³-hybridized carbons (Fsp3) is 0.900. The van der Waals surface area contributed by atoms with Gasteiger partial charge in [0.1, 0.15) is 0 Å². The number of carboxylic acid groups (broad SMARTS) is 2. The van der Waals surface area contributed by atoms with E-state index in [0.717, 1.165) is 31.6 Å². The summed E-state index contributed by atoms with van der Waals surface area (Å²) in [6.45, 7) is 2.26. The molecule has 0 heterocycles. The molecule has 0 rings (SSSR count). The van der Waals surface area contributed by atoms with Crippen LogP contribution in [0.2, 0.25) is 0 Å². The van der Waals surface area contributed by atoms with Crippen molar-refractivity contribution in [1.29, 1.82) is 0 Å². The van der Waals surface area contributed by atoms with Gasteiger partial charge in [0.25, 0.3) is 0 Å². The van der Waals surface area contributed by atoms with E-state index in [-0.39, 0.29) is 6.15 Å². The van der Waals surface area contributed by atoms with Gasteiger partial charge < -0.3 is 16.4 Å². The topological polar surface area (TPSA) is 110 Å². The molecule has 0 aliphatic heterocycles. The minimum Gasteiger partial charge on any atom is -0.481 e. The molecule has 150 valence electrons. The summed E-state index contributed by atoms with van der Waals surface area (Å²) >= 11 is 0. The highest BCUT2D eigenvalue weighted by Crippen LogP contribution is 2.21. The Labute approximate surface area is 154 Å². The Kier molecular flexibility index (Phi) is 20.1. The fourth-order valence-corrected chi connectivity index (χ4v) is 3.21. The van der Waals surface area contributed by atoms with Crippen molar-refractivity contribution in [3.8, 4) is 0 Å². The van der Waals surface area contributed by atoms with E-state index in [2.05, 4.69) is 6.92 Å². The smallest absolute Gasteiger partial charge is 0.303 e. The lowest BCUT2D eigenvalue weighted by Crippen LogP contribution is -2.00. The van der Waals surface area contributed by atoms with Gasteiger partial charge in [-0.2, -0.15) is 0 Å². The van der Waals surface area contributed by atoms with E-state index in [1.54, 1.807) is 0 Å². The predicted molar refractivity (Wildman–Crippen MR) is 103 cm³/mol. The maximum Gasteiger partial charge on any atom is 0.303 e. The van der Waals surface area contributed by atoms with Crippen LogP contribution in [0.4, 0.5) is 0 Å². The van der Waals surface area contributed by atoms with E-state index >= 15 is 0 Å². The van der Waals surface area contributed by atoms with Crippen molar-refractivity contribution in [1.82, 2.24) is 6.15 Å². The summed E-state index contributed by atoms with van der Waals surface area (Å²) in [5.41, 5.74) is 0. The van der Waals surface area contributed by atoms with E-state index in [0.29, 0.717) is 12.8 Å². The molecule has 0 aliphatic carbocycles. The standard InChI is InChI=1S/C20H38O4.H3N/c1-2-18(15-11-9-13-17-20(23)24)14-10-7-5-3-4-6-8-12-16-19(21)22;/h18H,2-17H2,1H3,(H,21,22)(H,23,24);1H3. The Balaban J connectivity index is 0. The zero-order valence-electron chi connectivity index (χ0n) is 16.3. The normalized spacial score (nSPS) is 11.7. The third-order valence-corrected chi connectivity index (χ3v) is 4.83. The van der Waals surface area contributed by atoms with E-state index in [4.69, 9.17) is 10.2 Å². The first-order chi connectivity index (χ1) is 11.6. The van der Waals surface area contributed by atoms with Crippen LogP contribution in [0.3, 0.4) is 0 Å². The van der Waals surface area contributed by atoms with Crippen LogP contribution in [-0.4, -0.2) is 22.2 Å². The molecule has 5 heteroatoms. The van der Waals surface area contributed by atoms with Crippen LogP contribution in [0.25, 0.3) is 0 Å². The lowest BCUT2D eigenvalue weighted by Gasteiger charge is -2.14. The van der Waals surface area contributed by atoms with Crippen molar-refractivity contribution < 1.29 is 19.8 Å². The summed E-state index contributed by atoms with van der Waals surface area (Å²) in [5.74, 6) is -0.544. The molecule has 5 nitrogen and oxygen atoms in total. The van der Waals surface area contributed by atoms with E-state index in [9.17, 15) is 9.59 Å². The molecule has 0 saturated heterocycles. The maximum absolute atomic E-state index is 10.5. The Hall–Kier alpha value is -1.10. The molecule has 0 aromatic rings. The van der Waals surface area contributed by atoms with E-state index in [1.807, 2.05) is 0 Å². The van der Waals surface area contributed by atoms with Crippen LogP contribution in [0.15, 0.2) is 0 Å². The van der Waals surface area contributed by atoms with Crippen LogP contribution < -0.4 is 6.15 Å². The number of unbranched alkanes of at least 4 members (excludes halogenated alkanes) is 9. The number of carboxylic acids is 2. The van der Waals surface area contributed by atoms with Crippen LogP contribution in [0.5, 0.6) is 0 Å². The van der Waals surface area contributed by atoms with Crippen LogP contribution in [-0.2, 0) is 9.59 Å². The van der Waals surface area contributed by atoms with Gasteiger partial charge in [-0.05, 0) is 18.8 Å². The third-order valence-electron chi connectivity index (χ3n) is 4.83. The summed E-state index contributed by atoms with van der Waals surface area (Å²) in [6, 6.07) is 0. The van der Waals surface area contributed by atoms with Gasteiger partial charge in [-0.15, -0.1) is 0 Å². The van der Waals surface area contributed by atoms with Crippen molar-refractivity contribution in [3.05, 3.63) is 0 Å². The Morgan fingerprint density at radius 2 is 0.960 bits per heavy atom. The number of rotatable bonds is 18. The number of hydrogen-bond donors (Lipinski definition) is 3. The van der Waals surface area contributed by atoms with Crippen molar-refractivity contribution in [3.63, 3.8) is 0 Å². The molecule has 0 aromatic carbocycles. The zero-order valence-corrected chi connectivity index (χ0v) is 16.3. The molecule has 1 atom stereocenters. The molecule has 0 aliphatic rings. The SMILES string of the molecule is CCC(CCCCCCCCCCC(=O)O)CCCCCC(=O)O.N. The summed E-state index contributed by atoms with van der Waals surface area (Å²) in [5, 5.41) is 17.2. The third kappa shape index (κ3) is 20.9. The number of carbonyl (C=O) groups is 2. The molecule has 0 fully saturated rings. The van der Waals surface area contributed by atoms with Crippen molar-refractivity contribution in [2.24, 2.45) is 5.92 Å². The molecule has 1 unspecified atom stereocenters. The fourth-order valence-electron chi connectivity index (χ4n) is 3.21. The first kappa shape index (κ1) is 26.1. The van der Waals surface area contributed by atoms with Gasteiger partial charge in [0.2, 0.25) is 0 Å². The first-order valence-corrected chi connectivity index (χ1v) is 9.99. The Morgan fingerprint density at radius 1 is 0.640 bits per heavy atom. The van der Waals surface area contributed by atoms with Crippen molar-refractivity contribution >= 4 is 11.9 Å². The maximum atomic E-state index is 10.5. The molecule has 5 N–H and O–H groups in total. The molecule has 0 spiro atoms. The summed E-state index contributed by atoms with van der Waals surface area (Å²) in [4.78, 5) is 20.8. The lowest BCUT2D eigenvalue weighted by molar-refractivity contribution is -0.138. The molecule has 0 radical (unpaired) electrons. The second kappa shape index (κ2) is 19.2. The molecular weight excluding hydrogens is 318 g/mol. The van der Waals surface area contributed by atoms with Gasteiger partial charge >= 0.3 is 11.9 Å². The second-order valence-electron chi connectivity index (χ2n) is 7.03. The molecule has 0 aromatic heterocycles. The van der Waals surface area contributed by atoms with Gasteiger partial charge in [-0.3, -0.25) is 9.59 Å². The van der Waals surface area contributed by atoms with Gasteiger partial charge in [-0.25, -0.2) is 0 Å². The van der Waals surface area contributed by atoms with Crippen LogP contribution in [0, 0.1) is 5.92 Å². The van der Waals surface area contributed by atoms with Crippen LogP contribution in [0.1, 0.15) is 110 Å². The predicted octanol–water partition coefficient (Wildman–Crippen LogP) is 6.20. The minimum absolute atomic E-state index is 0. The van der Waals surface area contributed by atoms with Crippen molar-refractivity contribution in [2.45, 2.75) is 110 Å². The summed E-state index contributed by atoms with van der Waals surface area (Å²) in [7, 11) is 0. The Morgan fingerprint density at radius 3 is 1.32 bits per heavy atom. The summed E-state index contributed by atoms with van der Waals surface area (Å²) < 4.78 is 0. The van der Waals surface area contributed by atoms with E-state index < -0.39 is 11.9 Å². The average molecular weight is 360 g/mol. The number of hydrogen-bond acceptors (Lipinski definition) is 3. The van der Waals surface area contributed by atoms with Gasteiger partial charge in [0.15, 0.2) is 0 Å². The average Bonchev–Trinajstić information content (AvgIpc) is 2.53. The lowest BCUT2D eigenvalue weighted by atomic mass is 9.92. The zero-order chi connectivity index (χ0) is 18.0. The largest absolute Gasteiger partial charge is 0.481 e. The molecule has 0 amide bonds. The monoisotopic (exact) mass is 359 g/mol. The molecule has 0 saturated carbocycles. The molecular formula is C20H41NO4. The summed E-state index contributed by atoms with van der Waals surface area (Å²) in [6.07, 6.45) is 16.9. The highest BCUT2D eigenvalue weighted by atomic mass is 16.4. The highest BCUT2D eigenvalue weighted by molar-refractivity contribution is 5.66. The van der Waals surface area contributed by atoms with Gasteiger partial charge in [0.05, 0.1) is 0 Å². The van der Waals surface area contributed by atoms with Crippen molar-refractivity contribution in [2.75, 3.05) is 0 Å². The number of aliphatic carboxylic acids is 2. The molecule has 25 heavy (non-hydrogen) atoms. The first-order valence-electron chi connectivity index (χ1n) is 9.99. The second-order valence-corrected chi connectivity index (χ2v) is 7.03. The van der Waals surface area contributed by atoms with Gasteiger partial charge in [0, 0.05) is 12.8 Å². The quantitative estimate of drug-likeness (QED) is 0.252. The Bertz CT molecular complexity index is 321. The highest BCUT2D eigenvalue weighted by Gasteiger charge is 2.06.